The smallest absolute Gasteiger partial charge is 0.291 e. The fraction of sp³-hybridized carbons (Fsp3) is 0.688. The summed E-state index contributed by atoms with van der Waals surface area (Å²) in [6.45, 7) is 6.88. The molecule has 1 heterocycles. The van der Waals surface area contributed by atoms with Crippen molar-refractivity contribution in [2.45, 2.75) is 52.0 Å². The highest BCUT2D eigenvalue weighted by atomic mass is 15.2. The molecule has 104 valence electrons. The summed E-state index contributed by atoms with van der Waals surface area (Å²) >= 11 is 0. The second-order valence-electron chi connectivity index (χ2n) is 6.67. The van der Waals surface area contributed by atoms with Gasteiger partial charge in [-0.1, -0.05) is 26.0 Å². The molecular formula is C16H26N3+. The molecule has 0 saturated heterocycles. The topological polar surface area (TPSA) is 52.0 Å². The third kappa shape index (κ3) is 1.90. The number of hydrogen-bond donors (Lipinski definition) is 3. The molecule has 0 unspecified atom stereocenters. The highest BCUT2D eigenvalue weighted by Crippen LogP contribution is 2.50. The lowest BCUT2D eigenvalue weighted by Gasteiger charge is -2.40. The first-order valence-electron chi connectivity index (χ1n) is 7.63. The van der Waals surface area contributed by atoms with Gasteiger partial charge in [-0.3, -0.25) is 10.7 Å². The number of guanidine groups is 1. The van der Waals surface area contributed by atoms with Gasteiger partial charge in [0.1, 0.15) is 0 Å². The second-order valence-corrected chi connectivity index (χ2v) is 6.67. The fourth-order valence-corrected chi connectivity index (χ4v) is 4.43. The van der Waals surface area contributed by atoms with Gasteiger partial charge in [0.25, 0.3) is 0 Å². The average Bonchev–Trinajstić information content (AvgIpc) is 2.66. The molecule has 0 aromatic heterocycles. The van der Waals surface area contributed by atoms with Gasteiger partial charge in [-0.05, 0) is 50.0 Å². The fourth-order valence-electron chi connectivity index (χ4n) is 4.43. The molecule has 3 heteroatoms. The minimum atomic E-state index is 0.154. The number of nitrogens with one attached hydrogen (secondary N) is 2. The van der Waals surface area contributed by atoms with E-state index >= 15 is 0 Å². The van der Waals surface area contributed by atoms with E-state index in [2.05, 4.69) is 43.2 Å². The zero-order chi connectivity index (χ0) is 13.6. The van der Waals surface area contributed by atoms with Gasteiger partial charge in [-0.25, -0.2) is 5.32 Å². The quantitative estimate of drug-likeness (QED) is 0.694. The third-order valence-electron chi connectivity index (χ3n) is 5.22. The van der Waals surface area contributed by atoms with E-state index in [-0.39, 0.29) is 5.54 Å². The maximum absolute atomic E-state index is 6.08. The molecule has 3 aliphatic rings. The molecule has 0 bridgehead atoms. The van der Waals surface area contributed by atoms with Gasteiger partial charge in [0, 0.05) is 0 Å². The van der Waals surface area contributed by atoms with Gasteiger partial charge in [0.05, 0.1) is 17.2 Å². The molecule has 1 aliphatic heterocycles. The molecule has 3 nitrogen and oxygen atoms in total. The first-order chi connectivity index (χ1) is 9.05. The Kier molecular flexibility index (Phi) is 2.95. The van der Waals surface area contributed by atoms with E-state index in [1.807, 2.05) is 0 Å². The lowest BCUT2D eigenvalue weighted by atomic mass is 9.70. The maximum atomic E-state index is 6.08. The van der Waals surface area contributed by atoms with E-state index in [0.29, 0.717) is 11.8 Å². The van der Waals surface area contributed by atoms with Crippen molar-refractivity contribution in [1.82, 2.24) is 5.32 Å². The van der Waals surface area contributed by atoms with Crippen LogP contribution in [0.5, 0.6) is 0 Å². The number of hydrogen-bond acceptors (Lipinski definition) is 2. The van der Waals surface area contributed by atoms with Gasteiger partial charge in [0.15, 0.2) is 0 Å². The summed E-state index contributed by atoms with van der Waals surface area (Å²) in [5.41, 5.74) is 9.10. The molecule has 0 spiro atoms. The minimum Gasteiger partial charge on any atom is -0.291 e. The van der Waals surface area contributed by atoms with Crippen molar-refractivity contribution in [3.8, 4) is 0 Å². The van der Waals surface area contributed by atoms with E-state index in [0.717, 1.165) is 18.3 Å². The number of rotatable bonds is 2. The maximum Gasteiger partial charge on any atom is 0.346 e. The minimum absolute atomic E-state index is 0.154. The van der Waals surface area contributed by atoms with Crippen LogP contribution in [0, 0.1) is 17.8 Å². The van der Waals surface area contributed by atoms with Gasteiger partial charge >= 0.3 is 5.96 Å². The van der Waals surface area contributed by atoms with Crippen molar-refractivity contribution in [3.05, 3.63) is 23.4 Å². The molecule has 3 rings (SSSR count). The van der Waals surface area contributed by atoms with Crippen LogP contribution in [0.15, 0.2) is 23.4 Å². The Bertz CT molecular complexity index is 474. The highest BCUT2D eigenvalue weighted by molar-refractivity contribution is 5.75. The summed E-state index contributed by atoms with van der Waals surface area (Å²) in [6.07, 6.45) is 9.54. The van der Waals surface area contributed by atoms with E-state index in [4.69, 9.17) is 5.73 Å². The molecule has 1 saturated carbocycles. The molecule has 1 fully saturated rings. The predicted molar refractivity (Wildman–Crippen MR) is 78.1 cm³/mol. The van der Waals surface area contributed by atoms with Crippen molar-refractivity contribution in [3.63, 3.8) is 0 Å². The van der Waals surface area contributed by atoms with E-state index in [1.54, 1.807) is 0 Å². The molecule has 0 radical (unpaired) electrons. The van der Waals surface area contributed by atoms with Gasteiger partial charge in [-0.2, -0.15) is 0 Å². The van der Waals surface area contributed by atoms with Crippen LogP contribution in [0.25, 0.3) is 0 Å². The summed E-state index contributed by atoms with van der Waals surface area (Å²) in [6, 6.07) is 0. The van der Waals surface area contributed by atoms with Crippen molar-refractivity contribution < 1.29 is 4.99 Å². The molecule has 2 aliphatic carbocycles. The van der Waals surface area contributed by atoms with Crippen LogP contribution < -0.4 is 16.0 Å². The summed E-state index contributed by atoms with van der Waals surface area (Å²) in [4.78, 5) is 3.50. The second kappa shape index (κ2) is 4.39. The Labute approximate surface area is 116 Å². The summed E-state index contributed by atoms with van der Waals surface area (Å²) in [7, 11) is 0. The standard InChI is InChI=1S/C16H25N3/c1-4-5-6-12-10(2)9-11-7-8-16(3)13(11)14(12)18-15(17)19-16/h5-6,10-11,13H,4,7-9H2,1-3H3,(H3,17,18,19)/p+1/b6-5+/t10-,11-,13-,16-/m0/s1. The highest BCUT2D eigenvalue weighted by Gasteiger charge is 2.54. The van der Waals surface area contributed by atoms with Gasteiger partial charge < -0.3 is 0 Å². The molecule has 4 N–H and O–H groups in total. The first-order valence-corrected chi connectivity index (χ1v) is 7.63. The van der Waals surface area contributed by atoms with Crippen LogP contribution in [0.3, 0.4) is 0 Å². The summed E-state index contributed by atoms with van der Waals surface area (Å²) in [5, 5.41) is 3.45. The SMILES string of the molecule is CC/C=C/C1=C2NC(N)=[NH+][C@@]3(C)CC[C@@H](C[C@@H]1C)[C@@H]23. The molecule has 19 heavy (non-hydrogen) atoms. The van der Waals surface area contributed by atoms with Crippen LogP contribution in [0.2, 0.25) is 0 Å². The van der Waals surface area contributed by atoms with E-state index in [1.165, 1.54) is 30.5 Å². The molecule has 0 aromatic carbocycles. The zero-order valence-corrected chi connectivity index (χ0v) is 12.3. The summed E-state index contributed by atoms with van der Waals surface area (Å²) < 4.78 is 0. The Morgan fingerprint density at radius 2 is 2.32 bits per heavy atom. The Morgan fingerprint density at radius 3 is 3.05 bits per heavy atom. The lowest BCUT2D eigenvalue weighted by molar-refractivity contribution is -0.563. The van der Waals surface area contributed by atoms with E-state index < -0.39 is 0 Å². The van der Waals surface area contributed by atoms with Crippen molar-refractivity contribution in [2.75, 3.05) is 0 Å². The van der Waals surface area contributed by atoms with Crippen molar-refractivity contribution >= 4 is 5.96 Å². The van der Waals surface area contributed by atoms with Crippen LogP contribution in [0.1, 0.15) is 46.5 Å². The van der Waals surface area contributed by atoms with Gasteiger partial charge in [0.2, 0.25) is 0 Å². The molecular weight excluding hydrogens is 234 g/mol. The predicted octanol–water partition coefficient (Wildman–Crippen LogP) is 1.03. The zero-order valence-electron chi connectivity index (χ0n) is 12.3. The van der Waals surface area contributed by atoms with Crippen LogP contribution >= 0.6 is 0 Å². The largest absolute Gasteiger partial charge is 0.346 e. The summed E-state index contributed by atoms with van der Waals surface area (Å²) in [5.74, 6) is 2.78. The molecule has 0 aromatic rings. The van der Waals surface area contributed by atoms with Gasteiger partial charge in [-0.15, -0.1) is 0 Å². The molecule has 0 amide bonds. The molecule has 4 atom stereocenters. The normalized spacial score (nSPS) is 41.2. The van der Waals surface area contributed by atoms with Crippen LogP contribution in [-0.2, 0) is 0 Å². The van der Waals surface area contributed by atoms with Crippen molar-refractivity contribution in [2.24, 2.45) is 23.5 Å². The first kappa shape index (κ1) is 12.8. The lowest BCUT2D eigenvalue weighted by Crippen LogP contribution is -2.94. The van der Waals surface area contributed by atoms with Crippen LogP contribution in [0.4, 0.5) is 0 Å². The monoisotopic (exact) mass is 260 g/mol. The third-order valence-corrected chi connectivity index (χ3v) is 5.22. The van der Waals surface area contributed by atoms with Crippen LogP contribution in [-0.4, -0.2) is 11.5 Å². The van der Waals surface area contributed by atoms with Crippen molar-refractivity contribution in [1.29, 1.82) is 0 Å². The number of allylic oxidation sites excluding steroid dienone is 3. The average molecular weight is 260 g/mol. The Morgan fingerprint density at radius 1 is 1.53 bits per heavy atom. The van der Waals surface area contributed by atoms with E-state index in [9.17, 15) is 0 Å². The Balaban J connectivity index is 2.10. The number of nitrogens with two attached hydrogens (primary N) is 1. The Hall–Kier alpha value is -1.25.